The van der Waals surface area contributed by atoms with Gasteiger partial charge < -0.3 is 4.90 Å². The van der Waals surface area contributed by atoms with Crippen molar-refractivity contribution in [3.05, 3.63) is 29.6 Å². The van der Waals surface area contributed by atoms with Gasteiger partial charge >= 0.3 is 6.18 Å². The smallest absolute Gasteiger partial charge is 0.328 e. The second kappa shape index (κ2) is 6.25. The molecule has 2 aromatic heterocycles. The van der Waals surface area contributed by atoms with Crippen molar-refractivity contribution in [2.75, 3.05) is 6.54 Å². The third kappa shape index (κ3) is 3.41. The largest absolute Gasteiger partial charge is 0.408 e. The van der Waals surface area contributed by atoms with Crippen molar-refractivity contribution in [2.45, 2.75) is 44.9 Å². The molecule has 1 atom stereocenters. The molecule has 0 bridgehead atoms. The van der Waals surface area contributed by atoms with Crippen LogP contribution in [0.4, 0.5) is 13.2 Å². The molecule has 0 aliphatic carbocycles. The van der Waals surface area contributed by atoms with Gasteiger partial charge in [0, 0.05) is 12.7 Å². The number of nitrogens with one attached hydrogen (secondary N) is 1. The van der Waals surface area contributed by atoms with Crippen LogP contribution in [-0.2, 0) is 6.54 Å². The zero-order chi connectivity index (χ0) is 17.3. The van der Waals surface area contributed by atoms with Crippen LogP contribution < -0.4 is 0 Å². The number of alkyl halides is 3. The quantitative estimate of drug-likeness (QED) is 0.928. The summed E-state index contributed by atoms with van der Waals surface area (Å²) in [5.74, 6) is 0.255. The molecule has 1 N–H and O–H groups in total. The third-order valence-corrected chi connectivity index (χ3v) is 4.03. The number of amides is 1. The summed E-state index contributed by atoms with van der Waals surface area (Å²) in [5.41, 5.74) is 0.469. The van der Waals surface area contributed by atoms with E-state index in [0.29, 0.717) is 12.4 Å². The summed E-state index contributed by atoms with van der Waals surface area (Å²) in [6, 6.07) is -0.251. The van der Waals surface area contributed by atoms with Crippen LogP contribution in [0.2, 0.25) is 0 Å². The van der Waals surface area contributed by atoms with Gasteiger partial charge in [0.05, 0.1) is 17.3 Å². The summed E-state index contributed by atoms with van der Waals surface area (Å²) in [5, 5.41) is 10.4. The average Bonchev–Trinajstić information content (AvgIpc) is 3.15. The van der Waals surface area contributed by atoms with Crippen LogP contribution in [-0.4, -0.2) is 48.5 Å². The van der Waals surface area contributed by atoms with Crippen molar-refractivity contribution in [2.24, 2.45) is 0 Å². The molecule has 0 aromatic carbocycles. The molecule has 2 aromatic rings. The van der Waals surface area contributed by atoms with E-state index in [1.807, 2.05) is 0 Å². The van der Waals surface area contributed by atoms with Gasteiger partial charge in [-0.05, 0) is 26.2 Å². The van der Waals surface area contributed by atoms with Crippen molar-refractivity contribution >= 4 is 5.91 Å². The van der Waals surface area contributed by atoms with Crippen LogP contribution in [0.5, 0.6) is 0 Å². The van der Waals surface area contributed by atoms with Crippen LogP contribution in [0.1, 0.15) is 47.2 Å². The Kier molecular flexibility index (Phi) is 4.29. The minimum atomic E-state index is -4.38. The fourth-order valence-electron chi connectivity index (χ4n) is 2.98. The number of piperidine rings is 1. The number of halogens is 3. The zero-order valence-corrected chi connectivity index (χ0v) is 13.0. The second-order valence-corrected chi connectivity index (χ2v) is 5.82. The molecule has 3 rings (SSSR count). The fourth-order valence-corrected chi connectivity index (χ4v) is 2.98. The Morgan fingerprint density at radius 3 is 2.88 bits per heavy atom. The van der Waals surface area contributed by atoms with Gasteiger partial charge in [0.15, 0.2) is 0 Å². The Hall–Kier alpha value is -2.39. The number of carbonyl (C=O) groups is 1. The van der Waals surface area contributed by atoms with Gasteiger partial charge in [0.1, 0.15) is 18.7 Å². The summed E-state index contributed by atoms with van der Waals surface area (Å²) in [4.78, 5) is 18.6. The Morgan fingerprint density at radius 1 is 1.42 bits per heavy atom. The Morgan fingerprint density at radius 2 is 2.21 bits per heavy atom. The Labute approximate surface area is 135 Å². The highest BCUT2D eigenvalue weighted by molar-refractivity contribution is 5.95. The van der Waals surface area contributed by atoms with E-state index in [-0.39, 0.29) is 23.2 Å². The molecule has 1 saturated heterocycles. The number of hydrogen-bond donors (Lipinski definition) is 1. The lowest BCUT2D eigenvalue weighted by molar-refractivity contribution is -0.142. The lowest BCUT2D eigenvalue weighted by atomic mass is 10.0. The number of carbonyl (C=O) groups excluding carboxylic acids is 1. The van der Waals surface area contributed by atoms with Crippen molar-refractivity contribution in [3.8, 4) is 0 Å². The van der Waals surface area contributed by atoms with E-state index in [9.17, 15) is 18.0 Å². The van der Waals surface area contributed by atoms with Gasteiger partial charge in [-0.2, -0.15) is 23.4 Å². The number of aromatic amines is 1. The lowest BCUT2D eigenvalue weighted by Gasteiger charge is -2.34. The Bertz CT molecular complexity index is 709. The molecular weight excluding hydrogens is 325 g/mol. The molecule has 1 fully saturated rings. The maximum Gasteiger partial charge on any atom is 0.408 e. The lowest BCUT2D eigenvalue weighted by Crippen LogP contribution is -2.39. The monoisotopic (exact) mass is 342 g/mol. The van der Waals surface area contributed by atoms with E-state index in [2.05, 4.69) is 20.3 Å². The highest BCUT2D eigenvalue weighted by Gasteiger charge is 2.33. The van der Waals surface area contributed by atoms with Crippen LogP contribution in [0.3, 0.4) is 0 Å². The average molecular weight is 342 g/mol. The summed E-state index contributed by atoms with van der Waals surface area (Å²) in [6.45, 7) is 0.842. The molecule has 0 radical (unpaired) electrons. The van der Waals surface area contributed by atoms with E-state index < -0.39 is 12.7 Å². The van der Waals surface area contributed by atoms with E-state index >= 15 is 0 Å². The second-order valence-electron chi connectivity index (χ2n) is 5.82. The molecule has 0 spiro atoms. The van der Waals surface area contributed by atoms with Crippen molar-refractivity contribution in [3.63, 3.8) is 0 Å². The maximum absolute atomic E-state index is 12.8. The van der Waals surface area contributed by atoms with Crippen LogP contribution in [0.15, 0.2) is 12.5 Å². The molecular formula is C14H17F3N6O. The number of rotatable bonds is 3. The van der Waals surface area contributed by atoms with E-state index in [0.717, 1.165) is 30.1 Å². The molecule has 0 saturated carbocycles. The predicted molar refractivity (Wildman–Crippen MR) is 77.0 cm³/mol. The van der Waals surface area contributed by atoms with Crippen LogP contribution >= 0.6 is 0 Å². The van der Waals surface area contributed by atoms with Crippen molar-refractivity contribution in [1.82, 2.24) is 29.9 Å². The van der Waals surface area contributed by atoms with Gasteiger partial charge in [-0.15, -0.1) is 0 Å². The standard InChI is InChI=1S/C14H17F3N6O/c1-9-10(6-22(21-9)7-14(15,16)17)13(24)23-5-3-2-4-11(23)12-18-8-19-20-12/h6,8,11H,2-5,7H2,1H3,(H,18,19,20). The van der Waals surface area contributed by atoms with Gasteiger partial charge in [0.25, 0.3) is 5.91 Å². The summed E-state index contributed by atoms with van der Waals surface area (Å²) >= 11 is 0. The number of hydrogen-bond acceptors (Lipinski definition) is 4. The molecule has 3 heterocycles. The summed E-state index contributed by atoms with van der Waals surface area (Å²) < 4.78 is 38.3. The van der Waals surface area contributed by atoms with E-state index in [1.54, 1.807) is 4.90 Å². The molecule has 10 heteroatoms. The first kappa shape index (κ1) is 16.5. The van der Waals surface area contributed by atoms with Crippen LogP contribution in [0, 0.1) is 6.92 Å². The van der Waals surface area contributed by atoms with Crippen LogP contribution in [0.25, 0.3) is 0 Å². The van der Waals surface area contributed by atoms with E-state index in [4.69, 9.17) is 0 Å². The molecule has 24 heavy (non-hydrogen) atoms. The zero-order valence-electron chi connectivity index (χ0n) is 13.0. The van der Waals surface area contributed by atoms with Gasteiger partial charge in [-0.25, -0.2) is 4.98 Å². The van der Waals surface area contributed by atoms with Gasteiger partial charge in [0.2, 0.25) is 0 Å². The van der Waals surface area contributed by atoms with Crippen molar-refractivity contribution < 1.29 is 18.0 Å². The normalized spacial score (nSPS) is 18.8. The first-order chi connectivity index (χ1) is 11.3. The first-order valence-electron chi connectivity index (χ1n) is 7.62. The van der Waals surface area contributed by atoms with Crippen molar-refractivity contribution in [1.29, 1.82) is 0 Å². The minimum absolute atomic E-state index is 0.186. The minimum Gasteiger partial charge on any atom is -0.328 e. The molecule has 1 aliphatic rings. The summed E-state index contributed by atoms with van der Waals surface area (Å²) in [6.07, 6.45) is 0.674. The number of aryl methyl sites for hydroxylation is 1. The highest BCUT2D eigenvalue weighted by Crippen LogP contribution is 2.30. The molecule has 1 unspecified atom stereocenters. The summed E-state index contributed by atoms with van der Waals surface area (Å²) in [7, 11) is 0. The Balaban J connectivity index is 1.84. The molecule has 1 amide bonds. The SMILES string of the molecule is Cc1nn(CC(F)(F)F)cc1C(=O)N1CCCCC1c1ncn[nH]1. The number of nitrogens with zero attached hydrogens (tertiary/aromatic N) is 5. The molecule has 1 aliphatic heterocycles. The predicted octanol–water partition coefficient (Wildman–Crippen LogP) is 2.24. The fraction of sp³-hybridized carbons (Fsp3) is 0.571. The maximum atomic E-state index is 12.8. The van der Waals surface area contributed by atoms with E-state index in [1.165, 1.54) is 13.3 Å². The molecule has 130 valence electrons. The third-order valence-electron chi connectivity index (χ3n) is 4.03. The van der Waals surface area contributed by atoms with Gasteiger partial charge in [-0.3, -0.25) is 14.6 Å². The molecule has 7 nitrogen and oxygen atoms in total. The first-order valence-corrected chi connectivity index (χ1v) is 7.62. The van der Waals surface area contributed by atoms with Gasteiger partial charge in [-0.1, -0.05) is 0 Å². The highest BCUT2D eigenvalue weighted by atomic mass is 19.4. The number of aromatic nitrogens is 5. The number of H-pyrrole nitrogens is 1. The number of likely N-dealkylation sites (tertiary alicyclic amines) is 1. The topological polar surface area (TPSA) is 79.7 Å².